The maximum absolute atomic E-state index is 13.4. The molecule has 0 aromatic heterocycles. The summed E-state index contributed by atoms with van der Waals surface area (Å²) < 4.78 is 4.66. The molecule has 31 heavy (non-hydrogen) atoms. The van der Waals surface area contributed by atoms with Crippen molar-refractivity contribution in [1.82, 2.24) is 0 Å². The van der Waals surface area contributed by atoms with Crippen molar-refractivity contribution in [2.45, 2.75) is 42.0 Å². The number of carbonyl (C=O) groups is 3. The molecule has 2 atom stereocenters. The molecule has 2 aromatic carbocycles. The van der Waals surface area contributed by atoms with Gasteiger partial charge in [0.05, 0.1) is 0 Å². The molecule has 0 unspecified atom stereocenters. The number of hydrogen-bond donors (Lipinski definition) is 1. The number of para-hydroxylation sites is 1. The van der Waals surface area contributed by atoms with E-state index in [0.717, 1.165) is 17.5 Å². The molecule has 0 saturated carbocycles. The van der Waals surface area contributed by atoms with E-state index in [9.17, 15) is 19.5 Å². The van der Waals surface area contributed by atoms with Gasteiger partial charge in [-0.2, -0.15) is 0 Å². The van der Waals surface area contributed by atoms with Crippen molar-refractivity contribution in [1.29, 1.82) is 0 Å². The van der Waals surface area contributed by atoms with E-state index in [0.29, 0.717) is 31.6 Å². The van der Waals surface area contributed by atoms with Crippen molar-refractivity contribution in [3.63, 3.8) is 0 Å². The SMILES string of the molecule is CCOC(=O)[C@H](CCc1ccccc1)[As][C@H]1CCc2ccccc2N(CC(=O)O)C1=O. The number of fused-ring (bicyclic) bond motifs is 1. The van der Waals surface area contributed by atoms with Gasteiger partial charge in [0.25, 0.3) is 0 Å². The first-order valence-corrected chi connectivity index (χ1v) is 12.7. The van der Waals surface area contributed by atoms with Crippen LogP contribution in [0.15, 0.2) is 54.6 Å². The van der Waals surface area contributed by atoms with Gasteiger partial charge >= 0.3 is 189 Å². The molecule has 0 spiro atoms. The number of rotatable bonds is 9. The van der Waals surface area contributed by atoms with Crippen LogP contribution in [0.3, 0.4) is 0 Å². The molecule has 0 fully saturated rings. The van der Waals surface area contributed by atoms with Gasteiger partial charge in [-0.3, -0.25) is 0 Å². The number of anilines is 1. The first-order valence-electron chi connectivity index (χ1n) is 10.5. The monoisotopic (exact) mass is 484 g/mol. The van der Waals surface area contributed by atoms with Gasteiger partial charge in [-0.05, 0) is 0 Å². The van der Waals surface area contributed by atoms with E-state index in [4.69, 9.17) is 4.74 Å². The van der Waals surface area contributed by atoms with Gasteiger partial charge in [-0.1, -0.05) is 0 Å². The van der Waals surface area contributed by atoms with Gasteiger partial charge in [-0.25, -0.2) is 0 Å². The fourth-order valence-electron chi connectivity index (χ4n) is 3.79. The summed E-state index contributed by atoms with van der Waals surface area (Å²) in [4.78, 5) is 38.9. The number of carbonyl (C=O) groups excluding carboxylic acids is 2. The second kappa shape index (κ2) is 11.1. The fraction of sp³-hybridized carbons (Fsp3) is 0.375. The van der Waals surface area contributed by atoms with E-state index in [1.165, 1.54) is 4.90 Å². The zero-order valence-electron chi connectivity index (χ0n) is 17.6. The quantitative estimate of drug-likeness (QED) is 0.435. The second-order valence-electron chi connectivity index (χ2n) is 7.44. The molecule has 163 valence electrons. The first-order chi connectivity index (χ1) is 15.0. The third-order valence-corrected chi connectivity index (χ3v) is 8.78. The predicted molar refractivity (Wildman–Crippen MR) is 119 cm³/mol. The molecule has 0 saturated heterocycles. The number of aryl methyl sites for hydroxylation is 2. The van der Waals surface area contributed by atoms with Crippen LogP contribution in [0.1, 0.15) is 30.9 Å². The molecule has 1 radical (unpaired) electrons. The Kier molecular flexibility index (Phi) is 8.30. The number of carboxylic acid groups (broad SMARTS) is 1. The van der Waals surface area contributed by atoms with Gasteiger partial charge in [0.1, 0.15) is 0 Å². The number of hydrogen-bond acceptors (Lipinski definition) is 4. The summed E-state index contributed by atoms with van der Waals surface area (Å²) in [7, 11) is 0. The van der Waals surface area contributed by atoms with Crippen molar-refractivity contribution in [2.75, 3.05) is 18.1 Å². The van der Waals surface area contributed by atoms with Crippen LogP contribution in [0.5, 0.6) is 0 Å². The molecule has 6 nitrogen and oxygen atoms in total. The van der Waals surface area contributed by atoms with Crippen LogP contribution in [0.4, 0.5) is 5.69 Å². The number of esters is 1. The van der Waals surface area contributed by atoms with E-state index in [1.54, 1.807) is 13.0 Å². The number of carboxylic acids is 1. The Hall–Kier alpha value is -2.59. The Balaban J connectivity index is 1.79. The first kappa shape index (κ1) is 23.1. The molecular weight excluding hydrogens is 457 g/mol. The van der Waals surface area contributed by atoms with Crippen LogP contribution >= 0.6 is 0 Å². The van der Waals surface area contributed by atoms with Crippen molar-refractivity contribution in [2.24, 2.45) is 0 Å². The third-order valence-electron chi connectivity index (χ3n) is 5.28. The minimum atomic E-state index is -1.05. The Morgan fingerprint density at radius 1 is 1.16 bits per heavy atom. The normalized spacial score (nSPS) is 17.3. The summed E-state index contributed by atoms with van der Waals surface area (Å²) in [5.41, 5.74) is 2.78. The summed E-state index contributed by atoms with van der Waals surface area (Å²) in [5, 5.41) is 9.38. The van der Waals surface area contributed by atoms with Crippen molar-refractivity contribution >= 4 is 39.3 Å². The van der Waals surface area contributed by atoms with Crippen LogP contribution in [-0.2, 0) is 32.0 Å². The Labute approximate surface area is 189 Å². The van der Waals surface area contributed by atoms with Crippen molar-refractivity contribution < 1.29 is 24.2 Å². The zero-order valence-corrected chi connectivity index (χ0v) is 19.4. The van der Waals surface area contributed by atoms with E-state index in [2.05, 4.69) is 0 Å². The van der Waals surface area contributed by atoms with Gasteiger partial charge in [0.2, 0.25) is 0 Å². The minimum absolute atomic E-state index is 0.193. The van der Waals surface area contributed by atoms with Gasteiger partial charge in [0.15, 0.2) is 0 Å². The molecule has 1 heterocycles. The number of ether oxygens (including phenoxy) is 1. The average Bonchev–Trinajstić information content (AvgIpc) is 2.89. The molecule has 2 aromatic rings. The van der Waals surface area contributed by atoms with E-state index in [-0.39, 0.29) is 27.8 Å². The summed E-state index contributed by atoms with van der Waals surface area (Å²) >= 11 is -0.703. The Morgan fingerprint density at radius 3 is 2.58 bits per heavy atom. The van der Waals surface area contributed by atoms with Gasteiger partial charge in [0, 0.05) is 0 Å². The predicted octanol–water partition coefficient (Wildman–Crippen LogP) is 3.53. The molecule has 0 bridgehead atoms. The summed E-state index contributed by atoms with van der Waals surface area (Å²) in [6.45, 7) is 1.71. The average molecular weight is 484 g/mol. The molecule has 1 aliphatic rings. The van der Waals surface area contributed by atoms with Crippen molar-refractivity contribution in [3.05, 3.63) is 65.7 Å². The molecule has 3 rings (SSSR count). The Morgan fingerprint density at radius 2 is 1.87 bits per heavy atom. The van der Waals surface area contributed by atoms with E-state index in [1.807, 2.05) is 48.5 Å². The maximum atomic E-state index is 13.4. The number of benzene rings is 2. The number of nitrogens with zero attached hydrogens (tertiary/aromatic N) is 1. The van der Waals surface area contributed by atoms with Crippen LogP contribution in [-0.4, -0.2) is 51.9 Å². The van der Waals surface area contributed by atoms with E-state index >= 15 is 0 Å². The summed E-state index contributed by atoms with van der Waals surface area (Å²) in [6, 6.07) is 17.4. The molecule has 1 aliphatic heterocycles. The summed E-state index contributed by atoms with van der Waals surface area (Å²) in [6.07, 6.45) is 2.66. The molecule has 7 heteroatoms. The number of aliphatic carboxylic acids is 1. The van der Waals surface area contributed by atoms with Crippen LogP contribution in [0.2, 0.25) is 9.41 Å². The molecule has 0 aliphatic carbocycles. The fourth-order valence-corrected chi connectivity index (χ4v) is 6.84. The van der Waals surface area contributed by atoms with Crippen molar-refractivity contribution in [3.8, 4) is 0 Å². The second-order valence-corrected chi connectivity index (χ2v) is 10.7. The van der Waals surface area contributed by atoms with Gasteiger partial charge in [-0.15, -0.1) is 0 Å². The summed E-state index contributed by atoms with van der Waals surface area (Å²) in [5.74, 6) is -1.50. The van der Waals surface area contributed by atoms with Crippen LogP contribution < -0.4 is 4.90 Å². The van der Waals surface area contributed by atoms with Crippen LogP contribution in [0.25, 0.3) is 0 Å². The Bertz CT molecular complexity index is 917. The number of amides is 1. The third kappa shape index (κ3) is 6.20. The molecular formula is C24H27AsNO5. The molecule has 1 N–H and O–H groups in total. The van der Waals surface area contributed by atoms with Gasteiger partial charge < -0.3 is 0 Å². The topological polar surface area (TPSA) is 83.9 Å². The molecule has 1 amide bonds. The van der Waals surface area contributed by atoms with E-state index < -0.39 is 21.7 Å². The van der Waals surface area contributed by atoms with Crippen LogP contribution in [0, 0.1) is 0 Å². The standard InChI is InChI=1S/C24H27AsNO5/c1-2-31-24(30)20(14-12-17-8-4-3-5-9-17)25-19-15-13-18-10-6-7-11-21(18)26(23(19)29)16-22(27)28/h3-11,19-20H,2,12-16H2,1H3,(H,27,28)/t19-,20-/m0/s1. The zero-order chi connectivity index (χ0) is 22.2.